The largest absolute Gasteiger partial charge is 0.405 e. The van der Waals surface area contributed by atoms with Gasteiger partial charge in [0.15, 0.2) is 0 Å². The molecule has 0 heterocycles. The van der Waals surface area contributed by atoms with E-state index in [1.165, 1.54) is 17.2 Å². The average molecular weight is 261 g/mol. The van der Waals surface area contributed by atoms with Crippen molar-refractivity contribution in [1.29, 1.82) is 0 Å². The van der Waals surface area contributed by atoms with Crippen LogP contribution in [-0.2, 0) is 4.79 Å². The van der Waals surface area contributed by atoms with Gasteiger partial charge in [0, 0.05) is 11.0 Å². The lowest BCUT2D eigenvalue weighted by molar-refractivity contribution is -0.135. The van der Waals surface area contributed by atoms with Crippen LogP contribution in [-0.4, -0.2) is 18.6 Å². The molecule has 6 heteroatoms. The van der Waals surface area contributed by atoms with Gasteiger partial charge in [0.25, 0.3) is 0 Å². The van der Waals surface area contributed by atoms with Gasteiger partial charge in [-0.3, -0.25) is 4.79 Å². The summed E-state index contributed by atoms with van der Waals surface area (Å²) >= 11 is 1.26. The summed E-state index contributed by atoms with van der Waals surface area (Å²) in [6, 6.07) is 9.19. The van der Waals surface area contributed by atoms with E-state index < -0.39 is 18.6 Å². The van der Waals surface area contributed by atoms with Crippen LogP contribution in [0.3, 0.4) is 0 Å². The molecular weight excluding hydrogens is 251 g/mol. The molecule has 0 aliphatic rings. The van der Waals surface area contributed by atoms with Gasteiger partial charge < -0.3 is 5.32 Å². The maximum absolute atomic E-state index is 11.8. The van der Waals surface area contributed by atoms with Crippen LogP contribution in [0.5, 0.6) is 0 Å². The van der Waals surface area contributed by atoms with Crippen LogP contribution in [0.15, 0.2) is 46.7 Å². The van der Waals surface area contributed by atoms with Crippen molar-refractivity contribution in [2.45, 2.75) is 11.1 Å². The van der Waals surface area contributed by atoms with E-state index in [0.717, 1.165) is 11.0 Å². The Hall–Kier alpha value is -1.43. The van der Waals surface area contributed by atoms with Gasteiger partial charge in [-0.05, 0) is 17.5 Å². The van der Waals surface area contributed by atoms with Crippen molar-refractivity contribution in [1.82, 2.24) is 5.32 Å². The lowest BCUT2D eigenvalue weighted by atomic mass is 10.4. The average Bonchev–Trinajstić information content (AvgIpc) is 2.27. The molecule has 92 valence electrons. The first-order valence-electron chi connectivity index (χ1n) is 4.70. The molecule has 1 N–H and O–H groups in total. The van der Waals surface area contributed by atoms with Crippen LogP contribution in [0.4, 0.5) is 13.2 Å². The minimum Gasteiger partial charge on any atom is -0.343 e. The number of rotatable bonds is 4. The van der Waals surface area contributed by atoms with Crippen LogP contribution < -0.4 is 5.32 Å². The second-order valence-electron chi connectivity index (χ2n) is 3.07. The Morgan fingerprint density at radius 3 is 2.53 bits per heavy atom. The van der Waals surface area contributed by atoms with Crippen LogP contribution in [0.1, 0.15) is 0 Å². The maximum atomic E-state index is 11.8. The molecule has 0 spiro atoms. The molecule has 0 fully saturated rings. The number of hydrogen-bond acceptors (Lipinski definition) is 2. The second kappa shape index (κ2) is 6.34. The van der Waals surface area contributed by atoms with Gasteiger partial charge >= 0.3 is 6.18 Å². The first-order chi connectivity index (χ1) is 7.97. The van der Waals surface area contributed by atoms with E-state index in [1.807, 2.05) is 30.3 Å². The fraction of sp³-hybridized carbons (Fsp3) is 0.182. The van der Waals surface area contributed by atoms with E-state index in [-0.39, 0.29) is 0 Å². The lowest BCUT2D eigenvalue weighted by Crippen LogP contribution is -2.32. The molecular formula is C11H10F3NOS. The molecule has 0 aliphatic carbocycles. The molecule has 1 aromatic rings. The fourth-order valence-corrected chi connectivity index (χ4v) is 1.58. The number of alkyl halides is 3. The van der Waals surface area contributed by atoms with Crippen LogP contribution in [0.25, 0.3) is 0 Å². The van der Waals surface area contributed by atoms with Crippen LogP contribution in [0, 0.1) is 0 Å². The Morgan fingerprint density at radius 1 is 1.29 bits per heavy atom. The number of thioether (sulfide) groups is 1. The molecule has 1 rings (SSSR count). The van der Waals surface area contributed by atoms with Gasteiger partial charge in [0.1, 0.15) is 6.54 Å². The minimum atomic E-state index is -4.38. The fourth-order valence-electron chi connectivity index (χ4n) is 0.920. The number of benzene rings is 1. The van der Waals surface area contributed by atoms with E-state index in [9.17, 15) is 18.0 Å². The zero-order valence-electron chi connectivity index (χ0n) is 8.70. The van der Waals surface area contributed by atoms with E-state index in [0.29, 0.717) is 0 Å². The second-order valence-corrected chi connectivity index (χ2v) is 4.05. The Morgan fingerprint density at radius 2 is 1.94 bits per heavy atom. The van der Waals surface area contributed by atoms with Crippen molar-refractivity contribution in [2.24, 2.45) is 0 Å². The van der Waals surface area contributed by atoms with Crippen molar-refractivity contribution in [3.8, 4) is 0 Å². The predicted molar refractivity (Wildman–Crippen MR) is 60.5 cm³/mol. The Labute approximate surface area is 101 Å². The first kappa shape index (κ1) is 13.6. The van der Waals surface area contributed by atoms with Crippen molar-refractivity contribution in [3.63, 3.8) is 0 Å². The SMILES string of the molecule is O=C(C=CSc1ccccc1)NCC(F)(F)F. The number of halogens is 3. The van der Waals surface area contributed by atoms with Gasteiger partial charge in [-0.1, -0.05) is 30.0 Å². The summed E-state index contributed by atoms with van der Waals surface area (Å²) in [6.07, 6.45) is -3.31. The number of amides is 1. The zero-order valence-corrected chi connectivity index (χ0v) is 9.52. The quantitative estimate of drug-likeness (QED) is 0.667. The molecule has 17 heavy (non-hydrogen) atoms. The predicted octanol–water partition coefficient (Wildman–Crippen LogP) is 2.97. The zero-order chi connectivity index (χ0) is 12.7. The molecule has 0 saturated heterocycles. The molecule has 0 aromatic heterocycles. The molecule has 0 atom stereocenters. The van der Waals surface area contributed by atoms with Crippen molar-refractivity contribution < 1.29 is 18.0 Å². The van der Waals surface area contributed by atoms with Gasteiger partial charge in [0.2, 0.25) is 5.91 Å². The van der Waals surface area contributed by atoms with Gasteiger partial charge in [0.05, 0.1) is 0 Å². The third-order valence-electron chi connectivity index (χ3n) is 1.63. The summed E-state index contributed by atoms with van der Waals surface area (Å²) in [5, 5.41) is 3.19. The third-order valence-corrected chi connectivity index (χ3v) is 2.45. The standard InChI is InChI=1S/C11H10F3NOS/c12-11(13,14)8-15-10(16)6-7-17-9-4-2-1-3-5-9/h1-7H,8H2,(H,15,16). The highest BCUT2D eigenvalue weighted by atomic mass is 32.2. The van der Waals surface area contributed by atoms with Gasteiger partial charge in [-0.2, -0.15) is 13.2 Å². The summed E-state index contributed by atoms with van der Waals surface area (Å²) in [5.74, 6) is -0.759. The third kappa shape index (κ3) is 6.68. The van der Waals surface area contributed by atoms with E-state index in [4.69, 9.17) is 0 Å². The Bertz CT molecular complexity index is 389. The molecule has 0 unspecified atom stereocenters. The molecule has 2 nitrogen and oxygen atoms in total. The molecule has 0 radical (unpaired) electrons. The maximum Gasteiger partial charge on any atom is 0.405 e. The van der Waals surface area contributed by atoms with Crippen molar-refractivity contribution in [3.05, 3.63) is 41.8 Å². The number of nitrogens with one attached hydrogen (secondary N) is 1. The van der Waals surface area contributed by atoms with E-state index >= 15 is 0 Å². The highest BCUT2D eigenvalue weighted by Crippen LogP contribution is 2.17. The topological polar surface area (TPSA) is 29.1 Å². The summed E-state index contributed by atoms with van der Waals surface area (Å²) in [6.45, 7) is -1.31. The molecule has 1 amide bonds. The van der Waals surface area contributed by atoms with Gasteiger partial charge in [-0.15, -0.1) is 0 Å². The summed E-state index contributed by atoms with van der Waals surface area (Å²) < 4.78 is 35.3. The molecule has 1 aromatic carbocycles. The highest BCUT2D eigenvalue weighted by molar-refractivity contribution is 8.02. The van der Waals surface area contributed by atoms with Gasteiger partial charge in [-0.25, -0.2) is 0 Å². The molecule has 0 saturated carbocycles. The lowest BCUT2D eigenvalue weighted by Gasteiger charge is -2.05. The summed E-state index contributed by atoms with van der Waals surface area (Å²) in [7, 11) is 0. The normalized spacial score (nSPS) is 11.7. The minimum absolute atomic E-state index is 0.759. The number of hydrogen-bond donors (Lipinski definition) is 1. The van der Waals surface area contributed by atoms with Crippen molar-refractivity contribution >= 4 is 17.7 Å². The Kier molecular flexibility index (Phi) is 5.09. The van der Waals surface area contributed by atoms with Crippen LogP contribution >= 0.6 is 11.8 Å². The molecule has 0 aliphatic heterocycles. The van der Waals surface area contributed by atoms with E-state index in [1.54, 1.807) is 5.32 Å². The molecule has 0 bridgehead atoms. The summed E-state index contributed by atoms with van der Waals surface area (Å²) in [5.41, 5.74) is 0. The monoisotopic (exact) mass is 261 g/mol. The highest BCUT2D eigenvalue weighted by Gasteiger charge is 2.27. The first-order valence-corrected chi connectivity index (χ1v) is 5.58. The van der Waals surface area contributed by atoms with E-state index in [2.05, 4.69) is 0 Å². The number of carbonyl (C=O) groups excluding carboxylic acids is 1. The summed E-state index contributed by atoms with van der Waals surface area (Å²) in [4.78, 5) is 11.9. The van der Waals surface area contributed by atoms with Crippen LogP contribution in [0.2, 0.25) is 0 Å². The Balaban J connectivity index is 2.32. The number of carbonyl (C=O) groups is 1. The van der Waals surface area contributed by atoms with Crippen molar-refractivity contribution in [2.75, 3.05) is 6.54 Å². The smallest absolute Gasteiger partial charge is 0.343 e.